The van der Waals surface area contributed by atoms with Gasteiger partial charge in [0.2, 0.25) is 0 Å². The molecule has 0 heterocycles. The van der Waals surface area contributed by atoms with Crippen LogP contribution >= 0.6 is 0 Å². The van der Waals surface area contributed by atoms with Crippen molar-refractivity contribution < 1.29 is 19.1 Å². The van der Waals surface area contributed by atoms with E-state index in [4.69, 9.17) is 14.7 Å². The van der Waals surface area contributed by atoms with Gasteiger partial charge in [0.05, 0.1) is 11.3 Å². The van der Waals surface area contributed by atoms with E-state index in [2.05, 4.69) is 5.32 Å². The summed E-state index contributed by atoms with van der Waals surface area (Å²) in [4.78, 5) is 24.2. The molecule has 128 valence electrons. The van der Waals surface area contributed by atoms with Gasteiger partial charge in [-0.25, -0.2) is 4.79 Å². The van der Waals surface area contributed by atoms with Crippen molar-refractivity contribution in [1.82, 2.24) is 0 Å². The second-order valence-electron chi connectivity index (χ2n) is 5.30. The number of nitriles is 1. The molecule has 6 heteroatoms. The van der Waals surface area contributed by atoms with Gasteiger partial charge in [-0.3, -0.25) is 4.79 Å². The number of benzene rings is 2. The molecule has 0 bridgehead atoms. The summed E-state index contributed by atoms with van der Waals surface area (Å²) in [7, 11) is 0. The summed E-state index contributed by atoms with van der Waals surface area (Å²) < 4.78 is 10.6. The van der Waals surface area contributed by atoms with Crippen LogP contribution in [0.5, 0.6) is 5.75 Å². The van der Waals surface area contributed by atoms with Gasteiger partial charge in [0, 0.05) is 0 Å². The number of nitrogens with one attached hydrogen (secondary N) is 1. The largest absolute Gasteiger partial charge is 0.479 e. The highest BCUT2D eigenvalue weighted by molar-refractivity contribution is 5.96. The fourth-order valence-corrected chi connectivity index (χ4v) is 2.00. The van der Waals surface area contributed by atoms with Crippen molar-refractivity contribution in [1.29, 1.82) is 5.26 Å². The van der Waals surface area contributed by atoms with E-state index >= 15 is 0 Å². The molecule has 2 aromatic carbocycles. The molecule has 2 atom stereocenters. The first kappa shape index (κ1) is 18.0. The van der Waals surface area contributed by atoms with Crippen molar-refractivity contribution in [2.45, 2.75) is 26.1 Å². The van der Waals surface area contributed by atoms with Crippen LogP contribution in [0.25, 0.3) is 0 Å². The maximum Gasteiger partial charge on any atom is 0.347 e. The molecule has 0 aliphatic heterocycles. The minimum Gasteiger partial charge on any atom is -0.479 e. The van der Waals surface area contributed by atoms with Crippen LogP contribution in [-0.2, 0) is 14.3 Å². The number of ether oxygens (including phenoxy) is 2. The Bertz CT molecular complexity index is 784. The molecule has 2 rings (SSSR count). The number of carbonyl (C=O) groups is 2. The average molecular weight is 338 g/mol. The summed E-state index contributed by atoms with van der Waals surface area (Å²) in [6.45, 7) is 3.00. The quantitative estimate of drug-likeness (QED) is 0.818. The Kier molecular flexibility index (Phi) is 6.13. The number of anilines is 1. The van der Waals surface area contributed by atoms with Crippen LogP contribution in [0, 0.1) is 11.3 Å². The van der Waals surface area contributed by atoms with Crippen molar-refractivity contribution in [2.75, 3.05) is 5.32 Å². The van der Waals surface area contributed by atoms with Gasteiger partial charge in [-0.1, -0.05) is 30.3 Å². The Morgan fingerprint density at radius 1 is 1.00 bits per heavy atom. The van der Waals surface area contributed by atoms with Gasteiger partial charge in [-0.15, -0.1) is 0 Å². The Hall–Kier alpha value is -3.33. The van der Waals surface area contributed by atoms with Crippen LogP contribution in [0.2, 0.25) is 0 Å². The van der Waals surface area contributed by atoms with Gasteiger partial charge in [0.15, 0.2) is 12.2 Å². The van der Waals surface area contributed by atoms with Crippen molar-refractivity contribution in [2.24, 2.45) is 0 Å². The predicted molar refractivity (Wildman–Crippen MR) is 91.9 cm³/mol. The number of hydrogen-bond acceptors (Lipinski definition) is 5. The topological polar surface area (TPSA) is 88.4 Å². The van der Waals surface area contributed by atoms with Crippen LogP contribution in [0.1, 0.15) is 19.4 Å². The lowest BCUT2D eigenvalue weighted by molar-refractivity contribution is -0.159. The number of carbonyl (C=O) groups excluding carboxylic acids is 2. The molecule has 2 aromatic rings. The van der Waals surface area contributed by atoms with Crippen molar-refractivity contribution in [3.8, 4) is 11.8 Å². The van der Waals surface area contributed by atoms with Gasteiger partial charge >= 0.3 is 5.97 Å². The molecule has 0 saturated heterocycles. The van der Waals surface area contributed by atoms with E-state index in [9.17, 15) is 9.59 Å². The van der Waals surface area contributed by atoms with Crippen molar-refractivity contribution in [3.63, 3.8) is 0 Å². The molecule has 0 aliphatic carbocycles. The first-order valence-corrected chi connectivity index (χ1v) is 7.73. The number of nitrogens with zero attached hydrogens (tertiary/aromatic N) is 1. The summed E-state index contributed by atoms with van der Waals surface area (Å²) in [5, 5.41) is 11.6. The maximum absolute atomic E-state index is 12.2. The molecule has 0 unspecified atom stereocenters. The number of para-hydroxylation sites is 2. The van der Waals surface area contributed by atoms with E-state index in [1.54, 1.807) is 55.5 Å². The molecule has 0 aliphatic rings. The molecule has 0 fully saturated rings. The normalized spacial score (nSPS) is 12.4. The molecular weight excluding hydrogens is 320 g/mol. The molecular formula is C19H18N2O4. The third-order valence-corrected chi connectivity index (χ3v) is 3.36. The van der Waals surface area contributed by atoms with Gasteiger partial charge < -0.3 is 14.8 Å². The highest BCUT2D eigenvalue weighted by Crippen LogP contribution is 2.15. The zero-order valence-corrected chi connectivity index (χ0v) is 13.9. The van der Waals surface area contributed by atoms with Gasteiger partial charge in [0.25, 0.3) is 5.91 Å². The van der Waals surface area contributed by atoms with E-state index < -0.39 is 24.1 Å². The summed E-state index contributed by atoms with van der Waals surface area (Å²) in [6, 6.07) is 17.4. The van der Waals surface area contributed by atoms with Gasteiger partial charge in [-0.05, 0) is 38.1 Å². The second kappa shape index (κ2) is 8.50. The third kappa shape index (κ3) is 5.08. The highest BCUT2D eigenvalue weighted by Gasteiger charge is 2.23. The Balaban J connectivity index is 1.92. The van der Waals surface area contributed by atoms with E-state index in [1.807, 2.05) is 12.1 Å². The molecule has 25 heavy (non-hydrogen) atoms. The molecule has 1 amide bonds. The summed E-state index contributed by atoms with van der Waals surface area (Å²) >= 11 is 0. The lowest BCUT2D eigenvalue weighted by Crippen LogP contribution is -2.35. The van der Waals surface area contributed by atoms with Crippen molar-refractivity contribution in [3.05, 3.63) is 60.2 Å². The molecule has 1 N–H and O–H groups in total. The van der Waals surface area contributed by atoms with Gasteiger partial charge in [0.1, 0.15) is 11.8 Å². The summed E-state index contributed by atoms with van der Waals surface area (Å²) in [5.74, 6) is -0.643. The number of esters is 1. The van der Waals surface area contributed by atoms with Crippen molar-refractivity contribution >= 4 is 17.6 Å². The molecule has 6 nitrogen and oxygen atoms in total. The van der Waals surface area contributed by atoms with Crippen LogP contribution in [0.4, 0.5) is 5.69 Å². The Morgan fingerprint density at radius 3 is 2.32 bits per heavy atom. The molecule has 0 aromatic heterocycles. The summed E-state index contributed by atoms with van der Waals surface area (Å²) in [6.07, 6.45) is -1.88. The third-order valence-electron chi connectivity index (χ3n) is 3.36. The lowest BCUT2D eigenvalue weighted by atomic mass is 10.2. The zero-order valence-electron chi connectivity index (χ0n) is 13.9. The maximum atomic E-state index is 12.2. The standard InChI is InChI=1S/C19H18N2O4/c1-13(18(22)21-17-11-7-6-8-15(17)12-20)25-19(23)14(2)24-16-9-4-3-5-10-16/h3-11,13-14H,1-2H3,(H,21,22)/t13-,14+/m1/s1. The number of hydrogen-bond donors (Lipinski definition) is 1. The smallest absolute Gasteiger partial charge is 0.347 e. The zero-order chi connectivity index (χ0) is 18.2. The lowest BCUT2D eigenvalue weighted by Gasteiger charge is -2.18. The second-order valence-corrected chi connectivity index (χ2v) is 5.30. The summed E-state index contributed by atoms with van der Waals surface area (Å²) in [5.41, 5.74) is 0.696. The number of rotatable bonds is 6. The first-order chi connectivity index (χ1) is 12.0. The number of amides is 1. The molecule has 0 spiro atoms. The molecule has 0 radical (unpaired) electrons. The minimum absolute atomic E-state index is 0.329. The van der Waals surface area contributed by atoms with Crippen LogP contribution < -0.4 is 10.1 Å². The minimum atomic E-state index is -1.03. The first-order valence-electron chi connectivity index (χ1n) is 7.73. The van der Waals surface area contributed by atoms with E-state index in [1.165, 1.54) is 6.92 Å². The van der Waals surface area contributed by atoms with E-state index in [0.717, 1.165) is 0 Å². The van der Waals surface area contributed by atoms with Crippen LogP contribution in [0.15, 0.2) is 54.6 Å². The Morgan fingerprint density at radius 2 is 1.64 bits per heavy atom. The van der Waals surface area contributed by atoms with E-state index in [-0.39, 0.29) is 0 Å². The highest BCUT2D eigenvalue weighted by atomic mass is 16.6. The van der Waals surface area contributed by atoms with Crippen LogP contribution in [0.3, 0.4) is 0 Å². The fraction of sp³-hybridized carbons (Fsp3) is 0.211. The van der Waals surface area contributed by atoms with Gasteiger partial charge in [-0.2, -0.15) is 5.26 Å². The van der Waals surface area contributed by atoms with Crippen LogP contribution in [-0.4, -0.2) is 24.1 Å². The SMILES string of the molecule is C[C@H](Oc1ccccc1)C(=O)O[C@H](C)C(=O)Nc1ccccc1C#N. The Labute approximate surface area is 146 Å². The fourth-order valence-electron chi connectivity index (χ4n) is 2.00. The predicted octanol–water partition coefficient (Wildman–Crippen LogP) is 2.90. The van der Waals surface area contributed by atoms with E-state index in [0.29, 0.717) is 17.0 Å². The average Bonchev–Trinajstić information content (AvgIpc) is 2.62. The monoisotopic (exact) mass is 338 g/mol. The molecule has 0 saturated carbocycles.